The first-order valence-corrected chi connectivity index (χ1v) is 5.50. The fourth-order valence-corrected chi connectivity index (χ4v) is 2.34. The van der Waals surface area contributed by atoms with E-state index >= 15 is 0 Å². The van der Waals surface area contributed by atoms with E-state index in [0.29, 0.717) is 11.1 Å². The highest BCUT2D eigenvalue weighted by atomic mass is 19.1. The van der Waals surface area contributed by atoms with Crippen molar-refractivity contribution in [1.29, 1.82) is 0 Å². The van der Waals surface area contributed by atoms with Crippen molar-refractivity contribution >= 4 is 5.91 Å². The lowest BCUT2D eigenvalue weighted by atomic mass is 9.68. The lowest BCUT2D eigenvalue weighted by molar-refractivity contribution is 0.0319. The molecule has 0 aliphatic heterocycles. The van der Waals surface area contributed by atoms with E-state index in [1.165, 1.54) is 12.3 Å². The van der Waals surface area contributed by atoms with Crippen molar-refractivity contribution < 1.29 is 9.18 Å². The van der Waals surface area contributed by atoms with Gasteiger partial charge in [-0.3, -0.25) is 4.79 Å². The summed E-state index contributed by atoms with van der Waals surface area (Å²) in [6.07, 6.45) is 3.22. The van der Waals surface area contributed by atoms with Gasteiger partial charge < -0.3 is 9.88 Å². The Morgan fingerprint density at radius 1 is 1.56 bits per heavy atom. The number of nitrogens with one attached hydrogen (secondary N) is 1. The van der Waals surface area contributed by atoms with Crippen LogP contribution in [0.5, 0.6) is 0 Å². The van der Waals surface area contributed by atoms with Gasteiger partial charge in [0.05, 0.1) is 0 Å². The summed E-state index contributed by atoms with van der Waals surface area (Å²) < 4.78 is 12.8. The largest absolute Gasteiger partial charge is 0.355 e. The molecule has 1 aliphatic carbocycles. The van der Waals surface area contributed by atoms with Gasteiger partial charge in [0.25, 0.3) is 5.91 Å². The molecule has 0 bridgehead atoms. The van der Waals surface area contributed by atoms with E-state index in [0.717, 1.165) is 12.8 Å². The summed E-state index contributed by atoms with van der Waals surface area (Å²) in [6.45, 7) is 4.38. The van der Waals surface area contributed by atoms with E-state index in [2.05, 4.69) is 18.8 Å². The number of carbonyl (C=O) groups excluding carboxylic acids is 1. The molecule has 1 aromatic heterocycles. The molecule has 1 N–H and O–H groups in total. The van der Waals surface area contributed by atoms with Crippen LogP contribution < -0.4 is 0 Å². The maximum Gasteiger partial charge on any atom is 0.270 e. The number of aromatic amines is 1. The van der Waals surface area contributed by atoms with E-state index in [9.17, 15) is 9.18 Å². The van der Waals surface area contributed by atoms with Crippen molar-refractivity contribution in [2.75, 3.05) is 7.05 Å². The Labute approximate surface area is 94.6 Å². The first kappa shape index (κ1) is 11.2. The highest BCUT2D eigenvalue weighted by molar-refractivity contribution is 5.92. The number of amides is 1. The van der Waals surface area contributed by atoms with Crippen LogP contribution in [0.3, 0.4) is 0 Å². The Kier molecular flexibility index (Phi) is 2.52. The SMILES string of the molecule is CN(C(=O)c1cc(F)c[nH]1)C1CC(C)(C)C1. The Balaban J connectivity index is 2.01. The second-order valence-corrected chi connectivity index (χ2v) is 5.37. The molecule has 0 radical (unpaired) electrons. The number of halogens is 1. The zero-order valence-electron chi connectivity index (χ0n) is 9.88. The molecule has 4 heteroatoms. The first-order valence-electron chi connectivity index (χ1n) is 5.50. The van der Waals surface area contributed by atoms with E-state index in [1.807, 2.05) is 0 Å². The molecule has 2 rings (SSSR count). The van der Waals surface area contributed by atoms with Gasteiger partial charge in [0.2, 0.25) is 0 Å². The summed E-state index contributed by atoms with van der Waals surface area (Å²) >= 11 is 0. The predicted molar refractivity (Wildman–Crippen MR) is 59.6 cm³/mol. The lowest BCUT2D eigenvalue weighted by Crippen LogP contribution is -2.49. The zero-order valence-corrected chi connectivity index (χ0v) is 9.88. The second kappa shape index (κ2) is 3.61. The first-order chi connectivity index (χ1) is 7.39. The fraction of sp³-hybridized carbons (Fsp3) is 0.583. The highest BCUT2D eigenvalue weighted by Crippen LogP contribution is 2.42. The average Bonchev–Trinajstić information content (AvgIpc) is 2.58. The minimum Gasteiger partial charge on any atom is -0.355 e. The van der Waals surface area contributed by atoms with Gasteiger partial charge in [-0.25, -0.2) is 4.39 Å². The Hall–Kier alpha value is -1.32. The molecule has 0 aromatic carbocycles. The quantitative estimate of drug-likeness (QED) is 0.822. The van der Waals surface area contributed by atoms with Crippen molar-refractivity contribution in [2.24, 2.45) is 5.41 Å². The van der Waals surface area contributed by atoms with Gasteiger partial charge in [-0.1, -0.05) is 13.8 Å². The molecule has 0 spiro atoms. The van der Waals surface area contributed by atoms with Crippen LogP contribution >= 0.6 is 0 Å². The molecule has 16 heavy (non-hydrogen) atoms. The van der Waals surface area contributed by atoms with E-state index in [-0.39, 0.29) is 11.9 Å². The monoisotopic (exact) mass is 224 g/mol. The van der Waals surface area contributed by atoms with E-state index in [4.69, 9.17) is 0 Å². The lowest BCUT2D eigenvalue weighted by Gasteiger charge is -2.46. The van der Waals surface area contributed by atoms with Gasteiger partial charge in [0.15, 0.2) is 0 Å². The number of hydrogen-bond acceptors (Lipinski definition) is 1. The van der Waals surface area contributed by atoms with Crippen LogP contribution in [-0.2, 0) is 0 Å². The summed E-state index contributed by atoms with van der Waals surface area (Å²) in [5.74, 6) is -0.532. The van der Waals surface area contributed by atoms with Crippen LogP contribution in [-0.4, -0.2) is 28.9 Å². The average molecular weight is 224 g/mol. The van der Waals surface area contributed by atoms with Crippen molar-refractivity contribution in [1.82, 2.24) is 9.88 Å². The number of nitrogens with zero attached hydrogens (tertiary/aromatic N) is 1. The van der Waals surface area contributed by atoms with Crippen LogP contribution in [0.1, 0.15) is 37.2 Å². The smallest absolute Gasteiger partial charge is 0.270 e. The van der Waals surface area contributed by atoms with Crippen molar-refractivity contribution in [3.05, 3.63) is 23.8 Å². The molecule has 1 aliphatic rings. The van der Waals surface area contributed by atoms with Crippen molar-refractivity contribution in [2.45, 2.75) is 32.7 Å². The number of rotatable bonds is 2. The van der Waals surface area contributed by atoms with Crippen LogP contribution in [0.25, 0.3) is 0 Å². The van der Waals surface area contributed by atoms with Gasteiger partial charge in [0.1, 0.15) is 11.5 Å². The van der Waals surface area contributed by atoms with E-state index in [1.54, 1.807) is 11.9 Å². The third-order valence-corrected chi connectivity index (χ3v) is 3.32. The maximum absolute atomic E-state index is 12.8. The van der Waals surface area contributed by atoms with Crippen LogP contribution in [0.15, 0.2) is 12.3 Å². The Bertz CT molecular complexity index is 403. The van der Waals surface area contributed by atoms with Gasteiger partial charge in [-0.15, -0.1) is 0 Å². The van der Waals surface area contributed by atoms with Crippen LogP contribution in [0.2, 0.25) is 0 Å². The second-order valence-electron chi connectivity index (χ2n) is 5.37. The Morgan fingerprint density at radius 2 is 2.19 bits per heavy atom. The van der Waals surface area contributed by atoms with Gasteiger partial charge in [-0.2, -0.15) is 0 Å². The summed E-state index contributed by atoms with van der Waals surface area (Å²) in [5, 5.41) is 0. The van der Waals surface area contributed by atoms with Gasteiger partial charge >= 0.3 is 0 Å². The van der Waals surface area contributed by atoms with Crippen molar-refractivity contribution in [3.63, 3.8) is 0 Å². The summed E-state index contributed by atoms with van der Waals surface area (Å²) in [7, 11) is 1.78. The summed E-state index contributed by atoms with van der Waals surface area (Å²) in [4.78, 5) is 16.3. The van der Waals surface area contributed by atoms with Gasteiger partial charge in [-0.05, 0) is 18.3 Å². The number of carbonyl (C=O) groups is 1. The van der Waals surface area contributed by atoms with Crippen LogP contribution in [0.4, 0.5) is 4.39 Å². The molecule has 88 valence electrons. The molecule has 0 unspecified atom stereocenters. The molecule has 1 amide bonds. The number of hydrogen-bond donors (Lipinski definition) is 1. The number of H-pyrrole nitrogens is 1. The third-order valence-electron chi connectivity index (χ3n) is 3.32. The minimum atomic E-state index is -0.398. The summed E-state index contributed by atoms with van der Waals surface area (Å²) in [6, 6.07) is 1.52. The maximum atomic E-state index is 12.8. The molecule has 0 atom stereocenters. The Morgan fingerprint density at radius 3 is 2.62 bits per heavy atom. The zero-order chi connectivity index (χ0) is 11.9. The molecular weight excluding hydrogens is 207 g/mol. The van der Waals surface area contributed by atoms with E-state index < -0.39 is 5.82 Å². The summed E-state index contributed by atoms with van der Waals surface area (Å²) in [5.41, 5.74) is 0.657. The van der Waals surface area contributed by atoms with Crippen LogP contribution in [0, 0.1) is 11.2 Å². The number of aromatic nitrogens is 1. The fourth-order valence-electron chi connectivity index (χ4n) is 2.34. The molecule has 1 heterocycles. The molecular formula is C12H17FN2O. The van der Waals surface area contributed by atoms with Crippen molar-refractivity contribution in [3.8, 4) is 0 Å². The molecule has 1 fully saturated rings. The topological polar surface area (TPSA) is 36.1 Å². The minimum absolute atomic E-state index is 0.135. The normalized spacial score (nSPS) is 19.2. The molecule has 3 nitrogen and oxygen atoms in total. The predicted octanol–water partition coefficient (Wildman–Crippen LogP) is 2.41. The molecule has 0 saturated heterocycles. The molecule has 1 saturated carbocycles. The standard InChI is InChI=1S/C12H17FN2O/c1-12(2)5-9(6-12)15(3)11(16)10-4-8(13)7-14-10/h4,7,9,14H,5-6H2,1-3H3. The third kappa shape index (κ3) is 1.96. The highest BCUT2D eigenvalue weighted by Gasteiger charge is 2.40. The molecule has 1 aromatic rings. The van der Waals surface area contributed by atoms with Gasteiger partial charge in [0, 0.05) is 25.4 Å².